The van der Waals surface area contributed by atoms with E-state index in [1.54, 1.807) is 24.3 Å². The zero-order valence-corrected chi connectivity index (χ0v) is 16.5. The molecule has 0 fully saturated rings. The van der Waals surface area contributed by atoms with Crippen molar-refractivity contribution >= 4 is 47.3 Å². The van der Waals surface area contributed by atoms with E-state index in [1.807, 2.05) is 0 Å². The monoisotopic (exact) mass is 432 g/mol. The predicted octanol–water partition coefficient (Wildman–Crippen LogP) is 4.10. The Labute approximate surface area is 174 Å². The van der Waals surface area contributed by atoms with Gasteiger partial charge in [-0.05, 0) is 54.7 Å². The molecule has 1 aromatic heterocycles. The molecule has 0 saturated heterocycles. The first-order chi connectivity index (χ1) is 13.8. The minimum Gasteiger partial charge on any atom is -0.494 e. The molecule has 7 nitrogen and oxygen atoms in total. The van der Waals surface area contributed by atoms with E-state index in [0.717, 1.165) is 10.6 Å². The van der Waals surface area contributed by atoms with Crippen molar-refractivity contribution in [2.45, 2.75) is 6.92 Å². The Hall–Kier alpha value is -3.30. The predicted molar refractivity (Wildman–Crippen MR) is 112 cm³/mol. The summed E-state index contributed by atoms with van der Waals surface area (Å²) in [5.41, 5.74) is 0.556. The number of aliphatic imine (C=N–C) groups is 1. The van der Waals surface area contributed by atoms with Crippen molar-refractivity contribution in [1.29, 1.82) is 0 Å². The summed E-state index contributed by atoms with van der Waals surface area (Å²) in [5.74, 6) is -1.30. The maximum atomic E-state index is 13.4. The first kappa shape index (κ1) is 20.4. The molecule has 0 aliphatic rings. The maximum absolute atomic E-state index is 13.4. The molecule has 0 aliphatic heterocycles. The van der Waals surface area contributed by atoms with Gasteiger partial charge in [0.15, 0.2) is 4.77 Å². The lowest BCUT2D eigenvalue weighted by atomic mass is 10.2. The Bertz CT molecular complexity index is 1240. The van der Waals surface area contributed by atoms with E-state index in [2.05, 4.69) is 15.3 Å². The second-order valence-corrected chi connectivity index (χ2v) is 6.71. The van der Waals surface area contributed by atoms with Gasteiger partial charge in [0, 0.05) is 18.8 Å². The molecule has 3 aromatic rings. The standard InChI is InChI=1S/C19H14ClFN4O3S/c1-10(26)23-12-4-2-11(3-5-12)22-9-14-17(27)24-19(29)25(18(14)28)13-6-7-16(21)15(20)8-13/h2-9,28H,1H3,(H,23,26)(H,24,27,29). The van der Waals surface area contributed by atoms with E-state index < -0.39 is 17.3 Å². The van der Waals surface area contributed by atoms with Crippen molar-refractivity contribution in [3.8, 4) is 11.6 Å². The molecular weight excluding hydrogens is 419 g/mol. The fourth-order valence-electron chi connectivity index (χ4n) is 2.49. The Morgan fingerprint density at radius 2 is 2.00 bits per heavy atom. The summed E-state index contributed by atoms with van der Waals surface area (Å²) in [6.45, 7) is 1.40. The first-order valence-corrected chi connectivity index (χ1v) is 9.00. The van der Waals surface area contributed by atoms with Crippen LogP contribution in [-0.4, -0.2) is 26.8 Å². The first-order valence-electron chi connectivity index (χ1n) is 8.21. The molecule has 0 atom stereocenters. The summed E-state index contributed by atoms with van der Waals surface area (Å²) in [7, 11) is 0. The van der Waals surface area contributed by atoms with Gasteiger partial charge in [-0.1, -0.05) is 11.6 Å². The summed E-state index contributed by atoms with van der Waals surface area (Å²) in [4.78, 5) is 29.9. The third-order valence-corrected chi connectivity index (χ3v) is 4.39. The quantitative estimate of drug-likeness (QED) is 0.427. The van der Waals surface area contributed by atoms with Gasteiger partial charge in [-0.15, -0.1) is 0 Å². The van der Waals surface area contributed by atoms with Gasteiger partial charge in [0.1, 0.15) is 11.4 Å². The molecular formula is C19H14ClFN4O3S. The van der Waals surface area contributed by atoms with Crippen LogP contribution in [0, 0.1) is 10.6 Å². The van der Waals surface area contributed by atoms with Crippen LogP contribution in [0.15, 0.2) is 52.3 Å². The molecule has 0 aliphatic carbocycles. The SMILES string of the molecule is CC(=O)Nc1ccc(N=Cc2c(O)n(-c3ccc(F)c(Cl)c3)c(=S)[nH]c2=O)cc1. The molecule has 0 spiro atoms. The minimum atomic E-state index is -0.643. The summed E-state index contributed by atoms with van der Waals surface area (Å²) < 4.78 is 14.5. The van der Waals surface area contributed by atoms with Crippen LogP contribution in [0.1, 0.15) is 12.5 Å². The zero-order chi connectivity index (χ0) is 21.1. The van der Waals surface area contributed by atoms with Gasteiger partial charge >= 0.3 is 0 Å². The lowest BCUT2D eigenvalue weighted by Gasteiger charge is -2.11. The van der Waals surface area contributed by atoms with Crippen LogP contribution < -0.4 is 10.9 Å². The summed E-state index contributed by atoms with van der Waals surface area (Å²) in [6.07, 6.45) is 1.18. The second-order valence-electron chi connectivity index (χ2n) is 5.92. The lowest BCUT2D eigenvalue weighted by molar-refractivity contribution is -0.114. The highest BCUT2D eigenvalue weighted by Gasteiger charge is 2.14. The number of aromatic hydroxyl groups is 1. The van der Waals surface area contributed by atoms with Crippen molar-refractivity contribution in [2.75, 3.05) is 5.32 Å². The second kappa shape index (κ2) is 8.38. The largest absolute Gasteiger partial charge is 0.494 e. The van der Waals surface area contributed by atoms with Crippen LogP contribution in [0.4, 0.5) is 15.8 Å². The van der Waals surface area contributed by atoms with Crippen molar-refractivity contribution in [1.82, 2.24) is 9.55 Å². The van der Waals surface area contributed by atoms with E-state index in [1.165, 1.54) is 25.3 Å². The van der Waals surface area contributed by atoms with Crippen molar-refractivity contribution < 1.29 is 14.3 Å². The number of rotatable bonds is 4. The summed E-state index contributed by atoms with van der Waals surface area (Å²) >= 11 is 10.9. The molecule has 0 bridgehead atoms. The average molecular weight is 433 g/mol. The van der Waals surface area contributed by atoms with E-state index in [-0.39, 0.29) is 27.0 Å². The topological polar surface area (TPSA) is 99.5 Å². The number of carbonyl (C=O) groups excluding carboxylic acids is 1. The molecule has 29 heavy (non-hydrogen) atoms. The molecule has 10 heteroatoms. The van der Waals surface area contributed by atoms with E-state index in [9.17, 15) is 19.1 Å². The van der Waals surface area contributed by atoms with Gasteiger partial charge in [-0.3, -0.25) is 24.1 Å². The Balaban J connectivity index is 2.00. The molecule has 0 saturated carbocycles. The number of nitrogens with zero attached hydrogens (tertiary/aromatic N) is 2. The van der Waals surface area contributed by atoms with E-state index in [0.29, 0.717) is 11.4 Å². The number of benzene rings is 2. The highest BCUT2D eigenvalue weighted by molar-refractivity contribution is 7.71. The van der Waals surface area contributed by atoms with Gasteiger partial charge in [0.05, 0.1) is 16.4 Å². The van der Waals surface area contributed by atoms with E-state index in [4.69, 9.17) is 23.8 Å². The number of aromatic amines is 1. The fraction of sp³-hybridized carbons (Fsp3) is 0.0526. The van der Waals surface area contributed by atoms with Crippen molar-refractivity contribution in [2.24, 2.45) is 4.99 Å². The number of carbonyl (C=O) groups is 1. The minimum absolute atomic E-state index is 0.0908. The van der Waals surface area contributed by atoms with Crippen LogP contribution in [0.25, 0.3) is 5.69 Å². The van der Waals surface area contributed by atoms with Gasteiger partial charge in [0.2, 0.25) is 11.8 Å². The van der Waals surface area contributed by atoms with Crippen molar-refractivity contribution in [3.05, 3.63) is 74.0 Å². The smallest absolute Gasteiger partial charge is 0.264 e. The van der Waals surface area contributed by atoms with Crippen LogP contribution >= 0.6 is 23.8 Å². The van der Waals surface area contributed by atoms with Gasteiger partial charge in [-0.25, -0.2) is 4.39 Å². The number of hydrogen-bond acceptors (Lipinski definition) is 5. The third-order valence-electron chi connectivity index (χ3n) is 3.81. The zero-order valence-electron chi connectivity index (χ0n) is 14.9. The number of halogens is 2. The summed E-state index contributed by atoms with van der Waals surface area (Å²) in [6, 6.07) is 10.3. The maximum Gasteiger partial charge on any atom is 0.264 e. The Morgan fingerprint density at radius 3 is 2.62 bits per heavy atom. The van der Waals surface area contributed by atoms with Crippen LogP contribution in [-0.2, 0) is 4.79 Å². The normalized spacial score (nSPS) is 11.0. The number of amides is 1. The molecule has 1 amide bonds. The molecule has 3 rings (SSSR count). The molecule has 148 valence electrons. The molecule has 0 unspecified atom stereocenters. The molecule has 0 radical (unpaired) electrons. The molecule has 3 N–H and O–H groups in total. The van der Waals surface area contributed by atoms with Gasteiger partial charge < -0.3 is 10.4 Å². The van der Waals surface area contributed by atoms with Crippen molar-refractivity contribution in [3.63, 3.8) is 0 Å². The fourth-order valence-corrected chi connectivity index (χ4v) is 2.95. The lowest BCUT2D eigenvalue weighted by Crippen LogP contribution is -2.18. The van der Waals surface area contributed by atoms with E-state index >= 15 is 0 Å². The molecule has 1 heterocycles. The number of hydrogen-bond donors (Lipinski definition) is 3. The molecule has 2 aromatic carbocycles. The van der Waals surface area contributed by atoms with Crippen LogP contribution in [0.2, 0.25) is 5.02 Å². The Morgan fingerprint density at radius 1 is 1.31 bits per heavy atom. The average Bonchev–Trinajstić information content (AvgIpc) is 2.65. The van der Waals surface area contributed by atoms with Crippen LogP contribution in [0.3, 0.4) is 0 Å². The number of nitrogens with one attached hydrogen (secondary N) is 2. The highest BCUT2D eigenvalue weighted by atomic mass is 35.5. The third kappa shape index (κ3) is 4.58. The number of anilines is 1. The van der Waals surface area contributed by atoms with Gasteiger partial charge in [-0.2, -0.15) is 0 Å². The highest BCUT2D eigenvalue weighted by Crippen LogP contribution is 2.24. The summed E-state index contributed by atoms with van der Waals surface area (Å²) in [5, 5.41) is 13.0. The van der Waals surface area contributed by atoms with Gasteiger partial charge in [0.25, 0.3) is 5.56 Å². The Kier molecular flexibility index (Phi) is 5.90. The number of H-pyrrole nitrogens is 1. The van der Waals surface area contributed by atoms with Crippen LogP contribution in [0.5, 0.6) is 5.88 Å². The number of aromatic nitrogens is 2.